The first-order chi connectivity index (χ1) is 8.97. The SMILES string of the molecule is Cc1cc(NC(=O)N2CCCC(C)C2)c(C)cc1N. The molecule has 1 fully saturated rings. The predicted octanol–water partition coefficient (Wildman–Crippen LogP) is 3.15. The maximum Gasteiger partial charge on any atom is 0.321 e. The van der Waals surface area contributed by atoms with Crippen molar-refractivity contribution in [1.29, 1.82) is 0 Å². The first-order valence-electron chi connectivity index (χ1n) is 6.90. The Kier molecular flexibility index (Phi) is 3.98. The Labute approximate surface area is 115 Å². The molecular formula is C15H23N3O. The summed E-state index contributed by atoms with van der Waals surface area (Å²) < 4.78 is 0. The number of hydrogen-bond donors (Lipinski definition) is 2. The van der Waals surface area contributed by atoms with Gasteiger partial charge < -0.3 is 16.0 Å². The fourth-order valence-corrected chi connectivity index (χ4v) is 2.54. The summed E-state index contributed by atoms with van der Waals surface area (Å²) in [7, 11) is 0. The van der Waals surface area contributed by atoms with Crippen LogP contribution in [0.2, 0.25) is 0 Å². The normalized spacial score (nSPS) is 19.3. The van der Waals surface area contributed by atoms with E-state index in [0.29, 0.717) is 5.92 Å². The van der Waals surface area contributed by atoms with Gasteiger partial charge in [0, 0.05) is 24.5 Å². The van der Waals surface area contributed by atoms with E-state index in [1.54, 1.807) is 0 Å². The molecule has 1 heterocycles. The van der Waals surface area contributed by atoms with E-state index in [1.165, 1.54) is 6.42 Å². The van der Waals surface area contributed by atoms with Crippen molar-refractivity contribution >= 4 is 17.4 Å². The van der Waals surface area contributed by atoms with Crippen LogP contribution in [0.4, 0.5) is 16.2 Å². The molecule has 0 aromatic heterocycles. The highest BCUT2D eigenvalue weighted by atomic mass is 16.2. The third-order valence-electron chi connectivity index (χ3n) is 3.80. The van der Waals surface area contributed by atoms with Gasteiger partial charge in [-0.15, -0.1) is 0 Å². The Bertz CT molecular complexity index is 485. The molecule has 1 aromatic rings. The standard InChI is InChI=1S/C15H23N3O/c1-10-5-4-6-18(9-10)15(19)17-14-8-11(2)13(16)7-12(14)3/h7-8,10H,4-6,9,16H2,1-3H3,(H,17,19). The van der Waals surface area contributed by atoms with Crippen molar-refractivity contribution in [3.63, 3.8) is 0 Å². The average molecular weight is 261 g/mol. The van der Waals surface area contributed by atoms with Crippen molar-refractivity contribution in [2.75, 3.05) is 24.1 Å². The average Bonchev–Trinajstić information content (AvgIpc) is 2.36. The minimum atomic E-state index is -0.00109. The van der Waals surface area contributed by atoms with Crippen LogP contribution in [0.5, 0.6) is 0 Å². The van der Waals surface area contributed by atoms with Gasteiger partial charge in [0.25, 0.3) is 0 Å². The number of amides is 2. The lowest BCUT2D eigenvalue weighted by molar-refractivity contribution is 0.182. The van der Waals surface area contributed by atoms with Crippen LogP contribution >= 0.6 is 0 Å². The molecule has 0 spiro atoms. The van der Waals surface area contributed by atoms with Crippen LogP contribution in [-0.2, 0) is 0 Å². The largest absolute Gasteiger partial charge is 0.399 e. The Morgan fingerprint density at radius 2 is 2.11 bits per heavy atom. The molecule has 1 saturated heterocycles. The molecule has 2 rings (SSSR count). The molecule has 1 aromatic carbocycles. The summed E-state index contributed by atoms with van der Waals surface area (Å²) in [5, 5.41) is 3.00. The lowest BCUT2D eigenvalue weighted by Crippen LogP contribution is -2.41. The van der Waals surface area contributed by atoms with E-state index in [2.05, 4.69) is 12.2 Å². The maximum atomic E-state index is 12.2. The number of nitrogens with zero attached hydrogens (tertiary/aromatic N) is 1. The molecule has 104 valence electrons. The van der Waals surface area contributed by atoms with Crippen LogP contribution in [0.3, 0.4) is 0 Å². The van der Waals surface area contributed by atoms with Crippen LogP contribution in [0, 0.1) is 19.8 Å². The third kappa shape index (κ3) is 3.19. The summed E-state index contributed by atoms with van der Waals surface area (Å²) in [6.07, 6.45) is 2.30. The number of anilines is 2. The first-order valence-corrected chi connectivity index (χ1v) is 6.90. The number of nitrogen functional groups attached to an aromatic ring is 1. The Morgan fingerprint density at radius 1 is 1.37 bits per heavy atom. The van der Waals surface area contributed by atoms with Crippen molar-refractivity contribution in [3.05, 3.63) is 23.3 Å². The first kappa shape index (κ1) is 13.7. The highest BCUT2D eigenvalue weighted by Crippen LogP contribution is 2.23. The molecule has 0 radical (unpaired) electrons. The van der Waals surface area contributed by atoms with Gasteiger partial charge in [0.1, 0.15) is 0 Å². The topological polar surface area (TPSA) is 58.4 Å². The Hall–Kier alpha value is -1.71. The maximum absolute atomic E-state index is 12.2. The molecule has 3 N–H and O–H groups in total. The fraction of sp³-hybridized carbons (Fsp3) is 0.533. The number of likely N-dealkylation sites (tertiary alicyclic amines) is 1. The smallest absolute Gasteiger partial charge is 0.321 e. The number of urea groups is 1. The van der Waals surface area contributed by atoms with Gasteiger partial charge in [0.2, 0.25) is 0 Å². The van der Waals surface area contributed by atoms with Crippen molar-refractivity contribution in [1.82, 2.24) is 4.90 Å². The van der Waals surface area contributed by atoms with E-state index in [-0.39, 0.29) is 6.03 Å². The molecule has 4 heteroatoms. The summed E-state index contributed by atoms with van der Waals surface area (Å²) in [6, 6.07) is 3.85. The molecule has 0 aliphatic carbocycles. The summed E-state index contributed by atoms with van der Waals surface area (Å²) in [6.45, 7) is 7.80. The number of nitrogens with two attached hydrogens (primary N) is 1. The van der Waals surface area contributed by atoms with Crippen LogP contribution in [0.15, 0.2) is 12.1 Å². The highest BCUT2D eigenvalue weighted by Gasteiger charge is 2.21. The number of benzene rings is 1. The van der Waals surface area contributed by atoms with E-state index >= 15 is 0 Å². The van der Waals surface area contributed by atoms with Crippen LogP contribution in [0.25, 0.3) is 0 Å². The number of piperidine rings is 1. The Morgan fingerprint density at radius 3 is 2.79 bits per heavy atom. The van der Waals surface area contributed by atoms with Gasteiger partial charge in [-0.2, -0.15) is 0 Å². The number of carbonyl (C=O) groups excluding carboxylic acids is 1. The molecule has 0 bridgehead atoms. The second kappa shape index (κ2) is 5.51. The second-order valence-corrected chi connectivity index (χ2v) is 5.65. The lowest BCUT2D eigenvalue weighted by atomic mass is 10.0. The molecule has 4 nitrogen and oxygen atoms in total. The Balaban J connectivity index is 2.08. The monoisotopic (exact) mass is 261 g/mol. The summed E-state index contributed by atoms with van der Waals surface area (Å²) >= 11 is 0. The zero-order chi connectivity index (χ0) is 14.0. The molecule has 2 amide bonds. The van der Waals surface area contributed by atoms with Crippen molar-refractivity contribution in [2.24, 2.45) is 5.92 Å². The lowest BCUT2D eigenvalue weighted by Gasteiger charge is -2.31. The molecule has 1 unspecified atom stereocenters. The van der Waals surface area contributed by atoms with Crippen LogP contribution < -0.4 is 11.1 Å². The van der Waals surface area contributed by atoms with E-state index in [1.807, 2.05) is 30.9 Å². The molecule has 1 aliphatic heterocycles. The van der Waals surface area contributed by atoms with E-state index in [4.69, 9.17) is 5.73 Å². The highest BCUT2D eigenvalue weighted by molar-refractivity contribution is 5.90. The van der Waals surface area contributed by atoms with E-state index < -0.39 is 0 Å². The molecular weight excluding hydrogens is 238 g/mol. The third-order valence-corrected chi connectivity index (χ3v) is 3.80. The number of carbonyl (C=O) groups is 1. The summed E-state index contributed by atoms with van der Waals surface area (Å²) in [5.41, 5.74) is 9.48. The van der Waals surface area contributed by atoms with Crippen LogP contribution in [0.1, 0.15) is 30.9 Å². The quantitative estimate of drug-likeness (QED) is 0.763. The molecule has 1 atom stereocenters. The minimum Gasteiger partial charge on any atom is -0.399 e. The van der Waals surface area contributed by atoms with Gasteiger partial charge in [0.05, 0.1) is 0 Å². The van der Waals surface area contributed by atoms with Gasteiger partial charge in [0.15, 0.2) is 0 Å². The van der Waals surface area contributed by atoms with E-state index in [0.717, 1.165) is 42.0 Å². The van der Waals surface area contributed by atoms with Gasteiger partial charge in [-0.3, -0.25) is 0 Å². The number of aryl methyl sites for hydroxylation is 2. The van der Waals surface area contributed by atoms with Crippen molar-refractivity contribution in [2.45, 2.75) is 33.6 Å². The van der Waals surface area contributed by atoms with E-state index in [9.17, 15) is 4.79 Å². The van der Waals surface area contributed by atoms with Gasteiger partial charge in [-0.05, 0) is 55.9 Å². The van der Waals surface area contributed by atoms with Crippen LogP contribution in [-0.4, -0.2) is 24.0 Å². The second-order valence-electron chi connectivity index (χ2n) is 5.65. The number of hydrogen-bond acceptors (Lipinski definition) is 2. The molecule has 1 aliphatic rings. The molecule has 19 heavy (non-hydrogen) atoms. The molecule has 0 saturated carbocycles. The fourth-order valence-electron chi connectivity index (χ4n) is 2.54. The van der Waals surface area contributed by atoms with Crippen molar-refractivity contribution in [3.8, 4) is 0 Å². The number of rotatable bonds is 1. The zero-order valence-corrected chi connectivity index (χ0v) is 12.0. The summed E-state index contributed by atoms with van der Waals surface area (Å²) in [5.74, 6) is 0.591. The van der Waals surface area contributed by atoms with Gasteiger partial charge >= 0.3 is 6.03 Å². The zero-order valence-electron chi connectivity index (χ0n) is 12.0. The van der Waals surface area contributed by atoms with Crippen molar-refractivity contribution < 1.29 is 4.79 Å². The van der Waals surface area contributed by atoms with Gasteiger partial charge in [-0.25, -0.2) is 4.79 Å². The predicted molar refractivity (Wildman–Crippen MR) is 79.3 cm³/mol. The summed E-state index contributed by atoms with van der Waals surface area (Å²) in [4.78, 5) is 14.1. The number of nitrogens with one attached hydrogen (secondary N) is 1. The van der Waals surface area contributed by atoms with Gasteiger partial charge in [-0.1, -0.05) is 6.92 Å². The minimum absolute atomic E-state index is 0.00109.